The molecule has 17 heavy (non-hydrogen) atoms. The molecule has 2 aromatic rings. The molecule has 1 saturated heterocycles. The molecule has 0 amide bonds. The fourth-order valence-corrected chi connectivity index (χ4v) is 2.57. The number of thiophene rings is 2. The van der Waals surface area contributed by atoms with Crippen LogP contribution in [-0.2, 0) is 9.47 Å². The summed E-state index contributed by atoms with van der Waals surface area (Å²) in [6, 6.07) is 3.82. The van der Waals surface area contributed by atoms with Crippen LogP contribution in [0.25, 0.3) is 0 Å². The first kappa shape index (κ1) is 12.4. The Morgan fingerprint density at radius 3 is 2.29 bits per heavy atom. The fourth-order valence-electron chi connectivity index (χ4n) is 1.30. The number of carbonyl (C=O) groups is 1. The minimum Gasteiger partial charge on any atom is -0.346 e. The largest absolute Gasteiger partial charge is 0.346 e. The van der Waals surface area contributed by atoms with Crippen molar-refractivity contribution in [3.63, 3.8) is 0 Å². The number of hydrogen-bond acceptors (Lipinski definition) is 5. The highest BCUT2D eigenvalue weighted by molar-refractivity contribution is 7.08. The van der Waals surface area contributed by atoms with E-state index >= 15 is 0 Å². The van der Waals surface area contributed by atoms with Crippen LogP contribution in [0, 0.1) is 0 Å². The predicted molar refractivity (Wildman–Crippen MR) is 68.7 cm³/mol. The summed E-state index contributed by atoms with van der Waals surface area (Å²) in [5, 5.41) is 7.77. The van der Waals surface area contributed by atoms with Gasteiger partial charge >= 0.3 is 0 Å². The van der Waals surface area contributed by atoms with Crippen LogP contribution in [0.5, 0.6) is 0 Å². The predicted octanol–water partition coefficient (Wildman–Crippen LogP) is 3.35. The first-order valence-electron chi connectivity index (χ1n) is 5.13. The lowest BCUT2D eigenvalue weighted by Gasteiger charge is -2.04. The van der Waals surface area contributed by atoms with Crippen LogP contribution in [0.15, 0.2) is 33.7 Å². The summed E-state index contributed by atoms with van der Waals surface area (Å²) in [6.45, 7) is 1.45. The van der Waals surface area contributed by atoms with Crippen LogP contribution in [0.4, 0.5) is 0 Å². The maximum absolute atomic E-state index is 9.87. The van der Waals surface area contributed by atoms with Crippen LogP contribution < -0.4 is 0 Å². The van der Waals surface area contributed by atoms with Gasteiger partial charge in [0.15, 0.2) is 12.6 Å². The topological polar surface area (TPSA) is 35.5 Å². The number of ether oxygens (including phenoxy) is 2. The molecule has 0 N–H and O–H groups in total. The van der Waals surface area contributed by atoms with Gasteiger partial charge in [-0.3, -0.25) is 4.79 Å². The van der Waals surface area contributed by atoms with Crippen molar-refractivity contribution >= 4 is 29.0 Å². The molecule has 5 heteroatoms. The van der Waals surface area contributed by atoms with Gasteiger partial charge in [-0.15, -0.1) is 0 Å². The summed E-state index contributed by atoms with van der Waals surface area (Å²) in [6.07, 6.45) is 0.752. The maximum atomic E-state index is 9.87. The molecule has 1 aliphatic heterocycles. The summed E-state index contributed by atoms with van der Waals surface area (Å²) in [7, 11) is 0. The number of rotatable bonds is 2. The Balaban J connectivity index is 0.000000136. The summed E-state index contributed by atoms with van der Waals surface area (Å²) in [5.41, 5.74) is 1.91. The second kappa shape index (κ2) is 6.66. The first-order chi connectivity index (χ1) is 8.40. The van der Waals surface area contributed by atoms with E-state index in [1.807, 2.05) is 22.2 Å². The molecule has 1 aliphatic rings. The van der Waals surface area contributed by atoms with Gasteiger partial charge in [-0.2, -0.15) is 22.7 Å². The van der Waals surface area contributed by atoms with Gasteiger partial charge in [0.2, 0.25) is 0 Å². The van der Waals surface area contributed by atoms with Crippen LogP contribution in [0.1, 0.15) is 22.2 Å². The van der Waals surface area contributed by atoms with E-state index in [4.69, 9.17) is 9.47 Å². The van der Waals surface area contributed by atoms with Crippen molar-refractivity contribution in [2.45, 2.75) is 6.29 Å². The fraction of sp³-hybridized carbons (Fsp3) is 0.250. The molecule has 90 valence electrons. The molecule has 0 bridgehead atoms. The van der Waals surface area contributed by atoms with Gasteiger partial charge in [-0.1, -0.05) is 0 Å². The quantitative estimate of drug-likeness (QED) is 0.783. The lowest BCUT2D eigenvalue weighted by Crippen LogP contribution is -1.94. The number of hydrogen-bond donors (Lipinski definition) is 0. The van der Waals surface area contributed by atoms with E-state index in [9.17, 15) is 4.79 Å². The minimum atomic E-state index is -0.0914. The molecule has 0 saturated carbocycles. The molecule has 1 fully saturated rings. The molecule has 0 radical (unpaired) electrons. The van der Waals surface area contributed by atoms with E-state index < -0.39 is 0 Å². The molecule has 0 unspecified atom stereocenters. The van der Waals surface area contributed by atoms with Crippen LogP contribution >= 0.6 is 22.7 Å². The molecule has 2 aromatic heterocycles. The van der Waals surface area contributed by atoms with E-state index in [1.54, 1.807) is 17.4 Å². The van der Waals surface area contributed by atoms with Crippen LogP contribution in [-0.4, -0.2) is 19.5 Å². The molecule has 3 rings (SSSR count). The zero-order valence-corrected chi connectivity index (χ0v) is 10.7. The van der Waals surface area contributed by atoms with Crippen molar-refractivity contribution < 1.29 is 14.3 Å². The first-order valence-corrected chi connectivity index (χ1v) is 7.01. The van der Waals surface area contributed by atoms with Crippen molar-refractivity contribution in [3.05, 3.63) is 44.8 Å². The Kier molecular flexibility index (Phi) is 4.88. The standard InChI is InChI=1S/C7H8O2S.C5H4OS/c1-4-10-5-6(1)7-8-2-3-9-7;6-3-5-1-2-7-4-5/h1,4-5,7H,2-3H2;1-4H. The van der Waals surface area contributed by atoms with Gasteiger partial charge in [0.25, 0.3) is 0 Å². The Bertz CT molecular complexity index is 417. The number of carbonyl (C=O) groups excluding carboxylic acids is 1. The molecule has 3 nitrogen and oxygen atoms in total. The van der Waals surface area contributed by atoms with E-state index in [0.29, 0.717) is 0 Å². The maximum Gasteiger partial charge on any atom is 0.184 e. The lowest BCUT2D eigenvalue weighted by molar-refractivity contribution is -0.0438. The van der Waals surface area contributed by atoms with E-state index in [2.05, 4.69) is 5.38 Å². The van der Waals surface area contributed by atoms with Crippen molar-refractivity contribution in [1.29, 1.82) is 0 Å². The van der Waals surface area contributed by atoms with Crippen molar-refractivity contribution in [3.8, 4) is 0 Å². The van der Waals surface area contributed by atoms with Crippen LogP contribution in [0.2, 0.25) is 0 Å². The van der Waals surface area contributed by atoms with Gasteiger partial charge in [0.1, 0.15) is 0 Å². The van der Waals surface area contributed by atoms with Crippen molar-refractivity contribution in [1.82, 2.24) is 0 Å². The van der Waals surface area contributed by atoms with E-state index in [0.717, 1.165) is 30.6 Å². The Hall–Kier alpha value is -1.01. The average molecular weight is 268 g/mol. The van der Waals surface area contributed by atoms with E-state index in [-0.39, 0.29) is 6.29 Å². The highest BCUT2D eigenvalue weighted by atomic mass is 32.1. The Labute approximate surface area is 108 Å². The summed E-state index contributed by atoms with van der Waals surface area (Å²) in [4.78, 5) is 9.87. The molecule has 0 aromatic carbocycles. The van der Waals surface area contributed by atoms with Gasteiger partial charge in [0, 0.05) is 16.5 Å². The Morgan fingerprint density at radius 1 is 1.12 bits per heavy atom. The minimum absolute atomic E-state index is 0.0914. The number of aldehydes is 1. The highest BCUT2D eigenvalue weighted by Gasteiger charge is 2.17. The second-order valence-electron chi connectivity index (χ2n) is 3.30. The SMILES string of the molecule is O=Cc1ccsc1.c1cc(C2OCCO2)cs1. The second-order valence-corrected chi connectivity index (χ2v) is 4.86. The normalized spacial score (nSPS) is 15.3. The molecule has 0 aliphatic carbocycles. The van der Waals surface area contributed by atoms with Gasteiger partial charge in [-0.05, 0) is 28.3 Å². The third-order valence-electron chi connectivity index (χ3n) is 2.12. The van der Waals surface area contributed by atoms with Gasteiger partial charge < -0.3 is 9.47 Å². The zero-order valence-electron chi connectivity index (χ0n) is 9.07. The monoisotopic (exact) mass is 268 g/mol. The molecular formula is C12H12O3S2. The molecule has 3 heterocycles. The highest BCUT2D eigenvalue weighted by Crippen LogP contribution is 2.24. The summed E-state index contributed by atoms with van der Waals surface area (Å²) < 4.78 is 10.6. The third-order valence-corrected chi connectivity index (χ3v) is 3.52. The lowest BCUT2D eigenvalue weighted by atomic mass is 10.3. The average Bonchev–Trinajstić information content (AvgIpc) is 3.12. The molecule has 0 spiro atoms. The third kappa shape index (κ3) is 3.74. The summed E-state index contributed by atoms with van der Waals surface area (Å²) >= 11 is 3.20. The smallest absolute Gasteiger partial charge is 0.184 e. The molecular weight excluding hydrogens is 256 g/mol. The van der Waals surface area contributed by atoms with Crippen molar-refractivity contribution in [2.75, 3.05) is 13.2 Å². The Morgan fingerprint density at radius 2 is 1.82 bits per heavy atom. The van der Waals surface area contributed by atoms with Crippen LogP contribution in [0.3, 0.4) is 0 Å². The van der Waals surface area contributed by atoms with E-state index in [1.165, 1.54) is 11.3 Å². The van der Waals surface area contributed by atoms with Gasteiger partial charge in [0.05, 0.1) is 13.2 Å². The van der Waals surface area contributed by atoms with Crippen molar-refractivity contribution in [2.24, 2.45) is 0 Å². The molecule has 0 atom stereocenters. The zero-order chi connectivity index (χ0) is 11.9. The van der Waals surface area contributed by atoms with Gasteiger partial charge in [-0.25, -0.2) is 0 Å². The summed E-state index contributed by atoms with van der Waals surface area (Å²) in [5.74, 6) is 0.